The summed E-state index contributed by atoms with van der Waals surface area (Å²) in [5, 5.41) is 11.2. The van der Waals surface area contributed by atoms with E-state index in [4.69, 9.17) is 0 Å². The Bertz CT molecular complexity index is 807. The molecule has 1 aromatic heterocycles. The number of carbonyl (C=O) groups is 2. The zero-order chi connectivity index (χ0) is 19.9. The van der Waals surface area contributed by atoms with Gasteiger partial charge in [-0.05, 0) is 43.6 Å². The third kappa shape index (κ3) is 5.98. The first-order chi connectivity index (χ1) is 13.5. The van der Waals surface area contributed by atoms with Crippen LogP contribution in [0.5, 0.6) is 0 Å². The third-order valence-corrected chi connectivity index (χ3v) is 6.40. The van der Waals surface area contributed by atoms with Gasteiger partial charge in [-0.15, -0.1) is 10.2 Å². The van der Waals surface area contributed by atoms with Gasteiger partial charge in [-0.2, -0.15) is 0 Å². The van der Waals surface area contributed by atoms with Gasteiger partial charge in [0.1, 0.15) is 5.82 Å². The molecule has 0 unspecified atom stereocenters. The van der Waals surface area contributed by atoms with Crippen LogP contribution in [-0.2, 0) is 20.9 Å². The topological polar surface area (TPSA) is 84.4 Å². The fraction of sp³-hybridized carbons (Fsp3) is 0.444. The normalized spacial score (nSPS) is 15.4. The minimum atomic E-state index is -0.335. The van der Waals surface area contributed by atoms with Crippen molar-refractivity contribution in [2.24, 2.45) is 5.92 Å². The molecule has 7 nitrogen and oxygen atoms in total. The molecule has 1 amide bonds. The summed E-state index contributed by atoms with van der Waals surface area (Å²) in [6.07, 6.45) is 1.52. The smallest absolute Gasteiger partial charge is 0.316 e. The molecule has 1 aliphatic rings. The molecule has 0 radical (unpaired) electrons. The van der Waals surface area contributed by atoms with Crippen LogP contribution in [-0.4, -0.2) is 52.9 Å². The zero-order valence-corrected chi connectivity index (χ0v) is 17.0. The molecule has 0 saturated carbocycles. The number of thioether (sulfide) groups is 1. The molecule has 1 fully saturated rings. The van der Waals surface area contributed by atoms with Crippen LogP contribution in [0.4, 0.5) is 9.52 Å². The van der Waals surface area contributed by atoms with Gasteiger partial charge in [0, 0.05) is 12.5 Å². The number of likely N-dealkylation sites (tertiary alicyclic amines) is 1. The van der Waals surface area contributed by atoms with Crippen LogP contribution in [0.15, 0.2) is 28.6 Å². The van der Waals surface area contributed by atoms with E-state index in [2.05, 4.69) is 25.2 Å². The Morgan fingerprint density at radius 2 is 2.00 bits per heavy atom. The van der Waals surface area contributed by atoms with Crippen LogP contribution in [0.3, 0.4) is 0 Å². The lowest BCUT2D eigenvalue weighted by Gasteiger charge is -2.31. The van der Waals surface area contributed by atoms with Crippen molar-refractivity contribution in [1.82, 2.24) is 15.1 Å². The number of hydrogen-bond donors (Lipinski definition) is 1. The Balaban J connectivity index is 1.43. The number of anilines is 1. The summed E-state index contributed by atoms with van der Waals surface area (Å²) in [6.45, 7) is 2.38. The summed E-state index contributed by atoms with van der Waals surface area (Å²) in [5.74, 6) is -0.534. The first-order valence-electron chi connectivity index (χ1n) is 8.84. The van der Waals surface area contributed by atoms with Crippen LogP contribution >= 0.6 is 23.1 Å². The van der Waals surface area contributed by atoms with Crippen LogP contribution in [0.1, 0.15) is 18.4 Å². The molecule has 2 aromatic rings. The van der Waals surface area contributed by atoms with Gasteiger partial charge in [-0.3, -0.25) is 14.5 Å². The highest BCUT2D eigenvalue weighted by Crippen LogP contribution is 2.27. The summed E-state index contributed by atoms with van der Waals surface area (Å²) in [6, 6.07) is 6.52. The number of ether oxygens (including phenoxy) is 1. The van der Waals surface area contributed by atoms with Gasteiger partial charge in [0.2, 0.25) is 11.0 Å². The molecule has 28 heavy (non-hydrogen) atoms. The lowest BCUT2D eigenvalue weighted by molar-refractivity contribution is -0.137. The van der Waals surface area contributed by atoms with E-state index in [-0.39, 0.29) is 29.4 Å². The first-order valence-corrected chi connectivity index (χ1v) is 10.6. The van der Waals surface area contributed by atoms with E-state index in [0.717, 1.165) is 38.0 Å². The fourth-order valence-electron chi connectivity index (χ4n) is 2.91. The average molecular weight is 425 g/mol. The van der Waals surface area contributed by atoms with Crippen molar-refractivity contribution in [1.29, 1.82) is 0 Å². The number of hydrogen-bond acceptors (Lipinski definition) is 8. The number of halogens is 1. The highest BCUT2D eigenvalue weighted by atomic mass is 32.2. The number of amides is 1. The standard InChI is InChI=1S/C18H21FN4O3S2/c1-26-15(24)11-27-18-22-21-17(28-18)20-16(25)13-6-8-23(9-7-13)10-12-2-4-14(19)5-3-12/h2-5,13H,6-11H2,1H3,(H,20,21,25). The van der Waals surface area contributed by atoms with Crippen molar-refractivity contribution in [2.75, 3.05) is 31.3 Å². The lowest BCUT2D eigenvalue weighted by Crippen LogP contribution is -2.37. The summed E-state index contributed by atoms with van der Waals surface area (Å²) >= 11 is 2.47. The predicted octanol–water partition coefficient (Wildman–Crippen LogP) is 2.79. The number of benzene rings is 1. The molecule has 0 spiro atoms. The molecule has 0 bridgehead atoms. The van der Waals surface area contributed by atoms with Crippen molar-refractivity contribution in [3.8, 4) is 0 Å². The van der Waals surface area contributed by atoms with Gasteiger partial charge in [0.15, 0.2) is 4.34 Å². The van der Waals surface area contributed by atoms with Crippen LogP contribution < -0.4 is 5.32 Å². The van der Waals surface area contributed by atoms with E-state index in [0.29, 0.717) is 9.47 Å². The zero-order valence-electron chi connectivity index (χ0n) is 15.4. The monoisotopic (exact) mass is 424 g/mol. The number of carbonyl (C=O) groups excluding carboxylic acids is 2. The SMILES string of the molecule is COC(=O)CSc1nnc(NC(=O)C2CCN(Cc3ccc(F)cc3)CC2)s1. The van der Waals surface area contributed by atoms with Gasteiger partial charge in [0.05, 0.1) is 12.9 Å². The number of nitrogens with one attached hydrogen (secondary N) is 1. The third-order valence-electron chi connectivity index (χ3n) is 4.46. The maximum Gasteiger partial charge on any atom is 0.316 e. The van der Waals surface area contributed by atoms with E-state index in [9.17, 15) is 14.0 Å². The largest absolute Gasteiger partial charge is 0.468 e. The van der Waals surface area contributed by atoms with E-state index in [1.165, 1.54) is 42.3 Å². The molecule has 2 heterocycles. The number of rotatable bonds is 7. The van der Waals surface area contributed by atoms with Gasteiger partial charge in [-0.1, -0.05) is 35.2 Å². The molecule has 1 aliphatic heterocycles. The second kappa shape index (κ2) is 9.94. The Kier molecular flexibility index (Phi) is 7.35. The molecule has 1 N–H and O–H groups in total. The number of methoxy groups -OCH3 is 1. The molecule has 1 aromatic carbocycles. The number of aromatic nitrogens is 2. The van der Waals surface area contributed by atoms with Gasteiger partial charge < -0.3 is 10.1 Å². The van der Waals surface area contributed by atoms with Crippen molar-refractivity contribution in [3.63, 3.8) is 0 Å². The van der Waals surface area contributed by atoms with Gasteiger partial charge in [0.25, 0.3) is 0 Å². The average Bonchev–Trinajstić information content (AvgIpc) is 3.15. The Labute approximate surface area is 170 Å². The van der Waals surface area contributed by atoms with Crippen LogP contribution in [0.25, 0.3) is 0 Å². The maximum absolute atomic E-state index is 13.0. The van der Waals surface area contributed by atoms with Crippen molar-refractivity contribution in [3.05, 3.63) is 35.6 Å². The first kappa shape index (κ1) is 20.7. The molecule has 3 rings (SSSR count). The van der Waals surface area contributed by atoms with E-state index in [1.54, 1.807) is 12.1 Å². The van der Waals surface area contributed by atoms with E-state index < -0.39 is 0 Å². The number of esters is 1. The van der Waals surface area contributed by atoms with Crippen molar-refractivity contribution in [2.45, 2.75) is 23.7 Å². The Morgan fingerprint density at radius 3 is 2.68 bits per heavy atom. The van der Waals surface area contributed by atoms with E-state index in [1.807, 2.05) is 0 Å². The quantitative estimate of drug-likeness (QED) is 0.416. The van der Waals surface area contributed by atoms with Crippen molar-refractivity contribution >= 4 is 40.1 Å². The Hall–Kier alpha value is -2.04. The second-order valence-electron chi connectivity index (χ2n) is 6.40. The number of piperidine rings is 1. The molecule has 150 valence electrons. The molecular weight excluding hydrogens is 403 g/mol. The minimum Gasteiger partial charge on any atom is -0.468 e. The second-order valence-corrected chi connectivity index (χ2v) is 8.60. The predicted molar refractivity (Wildman–Crippen MR) is 106 cm³/mol. The van der Waals surface area contributed by atoms with Gasteiger partial charge in [-0.25, -0.2) is 4.39 Å². The van der Waals surface area contributed by atoms with E-state index >= 15 is 0 Å². The highest BCUT2D eigenvalue weighted by Gasteiger charge is 2.25. The summed E-state index contributed by atoms with van der Waals surface area (Å²) in [7, 11) is 1.33. The maximum atomic E-state index is 13.0. The highest BCUT2D eigenvalue weighted by molar-refractivity contribution is 8.01. The van der Waals surface area contributed by atoms with Gasteiger partial charge >= 0.3 is 5.97 Å². The molecule has 1 saturated heterocycles. The van der Waals surface area contributed by atoms with Crippen LogP contribution in [0, 0.1) is 11.7 Å². The molecular formula is C18H21FN4O3S2. The minimum absolute atomic E-state index is 0.0536. The fourth-order valence-corrected chi connectivity index (χ4v) is 4.49. The molecule has 0 aliphatic carbocycles. The molecule has 10 heteroatoms. The summed E-state index contributed by atoms with van der Waals surface area (Å²) in [5.41, 5.74) is 1.06. The molecule has 0 atom stereocenters. The summed E-state index contributed by atoms with van der Waals surface area (Å²) < 4.78 is 18.2. The lowest BCUT2D eigenvalue weighted by atomic mass is 9.95. The Morgan fingerprint density at radius 1 is 1.29 bits per heavy atom. The van der Waals surface area contributed by atoms with Crippen LogP contribution in [0.2, 0.25) is 0 Å². The summed E-state index contributed by atoms with van der Waals surface area (Å²) in [4.78, 5) is 25.9. The van der Waals surface area contributed by atoms with Crippen molar-refractivity contribution < 1.29 is 18.7 Å². The number of nitrogens with zero attached hydrogens (tertiary/aromatic N) is 3.